The first-order valence-corrected chi connectivity index (χ1v) is 10.7. The van der Waals surface area contributed by atoms with Crippen molar-refractivity contribution in [1.82, 2.24) is 14.9 Å². The third-order valence-electron chi connectivity index (χ3n) is 5.76. The van der Waals surface area contributed by atoms with Crippen molar-refractivity contribution < 1.29 is 13.5 Å². The zero-order valence-electron chi connectivity index (χ0n) is 16.9. The van der Waals surface area contributed by atoms with E-state index in [1.54, 1.807) is 0 Å². The van der Waals surface area contributed by atoms with Crippen LogP contribution in [0.25, 0.3) is 0 Å². The summed E-state index contributed by atoms with van der Waals surface area (Å²) in [4.78, 5) is 10.6. The summed E-state index contributed by atoms with van der Waals surface area (Å²) in [6.45, 7) is 3.09. The minimum Gasteiger partial charge on any atom is -0.376 e. The molecule has 0 spiro atoms. The first-order valence-electron chi connectivity index (χ1n) is 10.3. The highest BCUT2D eigenvalue weighted by Gasteiger charge is 2.23. The minimum absolute atomic E-state index is 0.00317. The maximum Gasteiger partial charge on any atom is 0.229 e. The van der Waals surface area contributed by atoms with Crippen LogP contribution in [0.3, 0.4) is 0 Å². The summed E-state index contributed by atoms with van der Waals surface area (Å²) in [6.07, 6.45) is 5.20. The molecule has 0 bridgehead atoms. The fourth-order valence-electron chi connectivity index (χ4n) is 3.98. The number of hydrogen-bond acceptors (Lipinski definition) is 6. The molecule has 1 atom stereocenters. The molecule has 2 aliphatic rings. The normalized spacial score (nSPS) is 20.5. The molecule has 4 rings (SSSR count). The van der Waals surface area contributed by atoms with Gasteiger partial charge in [-0.25, -0.2) is 13.8 Å². The molecule has 2 aromatic rings. The molecule has 2 aliphatic heterocycles. The molecule has 0 amide bonds. The third kappa shape index (κ3) is 4.99. The zero-order valence-corrected chi connectivity index (χ0v) is 17.7. The molecule has 1 aromatic heterocycles. The molecule has 0 unspecified atom stereocenters. The number of halogens is 3. The molecule has 3 heterocycles. The SMILES string of the molecule is CN1CCC(c2cc(F)c(Nc3ncc(Cl)c(NC[C@H]4CCCO4)n3)cc2F)CC1. The summed E-state index contributed by atoms with van der Waals surface area (Å²) in [6, 6.07) is 2.47. The van der Waals surface area contributed by atoms with Gasteiger partial charge < -0.3 is 20.3 Å². The van der Waals surface area contributed by atoms with Gasteiger partial charge in [0.1, 0.15) is 16.7 Å². The van der Waals surface area contributed by atoms with Gasteiger partial charge in [-0.3, -0.25) is 0 Å². The Morgan fingerprint density at radius 3 is 2.73 bits per heavy atom. The van der Waals surface area contributed by atoms with Gasteiger partial charge in [-0.15, -0.1) is 0 Å². The van der Waals surface area contributed by atoms with Gasteiger partial charge in [-0.05, 0) is 63.4 Å². The van der Waals surface area contributed by atoms with E-state index in [0.29, 0.717) is 22.9 Å². The summed E-state index contributed by atoms with van der Waals surface area (Å²) >= 11 is 6.16. The maximum absolute atomic E-state index is 14.7. The molecular formula is C21H26ClF2N5O. The largest absolute Gasteiger partial charge is 0.376 e. The van der Waals surface area contributed by atoms with Crippen molar-refractivity contribution in [1.29, 1.82) is 0 Å². The zero-order chi connectivity index (χ0) is 21.1. The van der Waals surface area contributed by atoms with Gasteiger partial charge in [0.05, 0.1) is 18.0 Å². The van der Waals surface area contributed by atoms with Crippen LogP contribution in [-0.4, -0.2) is 54.3 Å². The molecule has 162 valence electrons. The maximum atomic E-state index is 14.7. The highest BCUT2D eigenvalue weighted by atomic mass is 35.5. The van der Waals surface area contributed by atoms with Gasteiger partial charge in [-0.2, -0.15) is 4.98 Å². The van der Waals surface area contributed by atoms with Crippen LogP contribution >= 0.6 is 11.6 Å². The summed E-state index contributed by atoms with van der Waals surface area (Å²) in [5.74, 6) is -0.352. The second kappa shape index (κ2) is 9.41. The smallest absolute Gasteiger partial charge is 0.229 e. The average molecular weight is 438 g/mol. The number of piperidine rings is 1. The number of likely N-dealkylation sites (tertiary alicyclic amines) is 1. The number of rotatable bonds is 6. The number of nitrogens with zero attached hydrogens (tertiary/aromatic N) is 3. The molecule has 0 aliphatic carbocycles. The summed E-state index contributed by atoms with van der Waals surface area (Å²) in [5.41, 5.74) is 0.429. The Kier molecular flexibility index (Phi) is 6.65. The lowest BCUT2D eigenvalue weighted by Gasteiger charge is -2.29. The predicted octanol–water partition coefficient (Wildman–Crippen LogP) is 4.55. The molecular weight excluding hydrogens is 412 g/mol. The Balaban J connectivity index is 1.47. The van der Waals surface area contributed by atoms with Crippen LogP contribution in [0.1, 0.15) is 37.2 Å². The predicted molar refractivity (Wildman–Crippen MR) is 114 cm³/mol. The lowest BCUT2D eigenvalue weighted by molar-refractivity contribution is 0.120. The van der Waals surface area contributed by atoms with E-state index in [1.165, 1.54) is 18.3 Å². The molecule has 1 aromatic carbocycles. The highest BCUT2D eigenvalue weighted by molar-refractivity contribution is 6.32. The number of benzene rings is 1. The van der Waals surface area contributed by atoms with E-state index in [0.717, 1.165) is 45.4 Å². The third-order valence-corrected chi connectivity index (χ3v) is 6.03. The molecule has 30 heavy (non-hydrogen) atoms. The number of ether oxygens (including phenoxy) is 1. The second-order valence-corrected chi connectivity index (χ2v) is 8.37. The molecule has 2 saturated heterocycles. The average Bonchev–Trinajstić information content (AvgIpc) is 3.25. The van der Waals surface area contributed by atoms with Crippen LogP contribution in [-0.2, 0) is 4.74 Å². The quantitative estimate of drug-likeness (QED) is 0.691. The monoisotopic (exact) mass is 437 g/mol. The molecule has 0 radical (unpaired) electrons. The Bertz CT molecular complexity index is 886. The lowest BCUT2D eigenvalue weighted by atomic mass is 9.89. The Morgan fingerprint density at radius 2 is 2.00 bits per heavy atom. The molecule has 6 nitrogen and oxygen atoms in total. The van der Waals surface area contributed by atoms with Gasteiger partial charge in [0.25, 0.3) is 0 Å². The van der Waals surface area contributed by atoms with E-state index in [9.17, 15) is 8.78 Å². The Morgan fingerprint density at radius 1 is 1.20 bits per heavy atom. The van der Waals surface area contributed by atoms with E-state index in [4.69, 9.17) is 16.3 Å². The van der Waals surface area contributed by atoms with Gasteiger partial charge in [0, 0.05) is 19.2 Å². The number of aromatic nitrogens is 2. The van der Waals surface area contributed by atoms with E-state index in [-0.39, 0.29) is 23.7 Å². The van der Waals surface area contributed by atoms with Crippen molar-refractivity contribution in [3.63, 3.8) is 0 Å². The van der Waals surface area contributed by atoms with Crippen LogP contribution in [0.15, 0.2) is 18.3 Å². The highest BCUT2D eigenvalue weighted by Crippen LogP contribution is 2.33. The first kappa shape index (κ1) is 21.2. The summed E-state index contributed by atoms with van der Waals surface area (Å²) in [5, 5.41) is 6.26. The Hall–Kier alpha value is -2.03. The van der Waals surface area contributed by atoms with Crippen molar-refractivity contribution in [2.75, 3.05) is 43.9 Å². The van der Waals surface area contributed by atoms with Gasteiger partial charge in [-0.1, -0.05) is 11.6 Å². The number of nitrogens with one attached hydrogen (secondary N) is 2. The van der Waals surface area contributed by atoms with Crippen LogP contribution < -0.4 is 10.6 Å². The van der Waals surface area contributed by atoms with Gasteiger partial charge in [0.2, 0.25) is 5.95 Å². The number of hydrogen-bond donors (Lipinski definition) is 2. The van der Waals surface area contributed by atoms with E-state index < -0.39 is 11.6 Å². The summed E-state index contributed by atoms with van der Waals surface area (Å²) in [7, 11) is 2.04. The molecule has 2 fully saturated rings. The minimum atomic E-state index is -0.530. The summed E-state index contributed by atoms with van der Waals surface area (Å²) < 4.78 is 35.0. The molecule has 2 N–H and O–H groups in total. The second-order valence-electron chi connectivity index (χ2n) is 7.96. The van der Waals surface area contributed by atoms with Crippen LogP contribution in [0.4, 0.5) is 26.2 Å². The van der Waals surface area contributed by atoms with E-state index in [1.807, 2.05) is 7.05 Å². The van der Waals surface area contributed by atoms with E-state index in [2.05, 4.69) is 25.5 Å². The lowest BCUT2D eigenvalue weighted by Crippen LogP contribution is -2.29. The van der Waals surface area contributed by atoms with Crippen LogP contribution in [0.5, 0.6) is 0 Å². The molecule has 9 heteroatoms. The standard InChI is InChI=1S/C21H26ClF2N5O/c1-29-6-4-13(5-7-29)15-9-18(24)19(10-17(15)23)27-21-26-12-16(22)20(28-21)25-11-14-3-2-8-30-14/h9-10,12-14H,2-8,11H2,1H3,(H2,25,26,27,28)/t14-/m1/s1. The van der Waals surface area contributed by atoms with E-state index >= 15 is 0 Å². The van der Waals surface area contributed by atoms with Crippen molar-refractivity contribution in [2.45, 2.75) is 37.7 Å². The van der Waals surface area contributed by atoms with Crippen LogP contribution in [0, 0.1) is 11.6 Å². The van der Waals surface area contributed by atoms with Gasteiger partial charge >= 0.3 is 0 Å². The van der Waals surface area contributed by atoms with Crippen molar-refractivity contribution in [3.8, 4) is 0 Å². The molecule has 0 saturated carbocycles. The first-order chi connectivity index (χ1) is 14.5. The fourth-order valence-corrected chi connectivity index (χ4v) is 4.14. The van der Waals surface area contributed by atoms with Crippen molar-refractivity contribution in [3.05, 3.63) is 40.6 Å². The topological polar surface area (TPSA) is 62.3 Å². The van der Waals surface area contributed by atoms with Gasteiger partial charge in [0.15, 0.2) is 5.82 Å². The van der Waals surface area contributed by atoms with Crippen molar-refractivity contribution >= 4 is 29.1 Å². The number of anilines is 3. The van der Waals surface area contributed by atoms with Crippen LogP contribution in [0.2, 0.25) is 5.02 Å². The van der Waals surface area contributed by atoms with Crippen molar-refractivity contribution in [2.24, 2.45) is 0 Å². The Labute approximate surface area is 180 Å². The fraction of sp³-hybridized carbons (Fsp3) is 0.524.